The molecule has 0 amide bonds. The lowest BCUT2D eigenvalue weighted by atomic mass is 10.1. The maximum absolute atomic E-state index is 5.63. The quantitative estimate of drug-likeness (QED) is 0.654. The zero-order valence-electron chi connectivity index (χ0n) is 9.89. The number of nitrogens with two attached hydrogens (primary N) is 1. The van der Waals surface area contributed by atoms with Crippen molar-refractivity contribution in [2.24, 2.45) is 5.84 Å². The fourth-order valence-corrected chi connectivity index (χ4v) is 3.00. The SMILES string of the molecule is COc1csc(C(Cc2cncc(Br)c2)NN)c1. The van der Waals surface area contributed by atoms with E-state index in [-0.39, 0.29) is 6.04 Å². The Balaban J connectivity index is 2.14. The number of thiophene rings is 1. The van der Waals surface area contributed by atoms with E-state index >= 15 is 0 Å². The Morgan fingerprint density at radius 3 is 2.94 bits per heavy atom. The number of nitrogens with zero attached hydrogens (tertiary/aromatic N) is 1. The van der Waals surface area contributed by atoms with Gasteiger partial charge in [0, 0.05) is 27.1 Å². The molecular weight excluding hydrogens is 314 g/mol. The fraction of sp³-hybridized carbons (Fsp3) is 0.250. The van der Waals surface area contributed by atoms with Gasteiger partial charge in [-0.15, -0.1) is 11.3 Å². The molecule has 0 aromatic carbocycles. The molecular formula is C12H14BrN3OS. The van der Waals surface area contributed by atoms with Gasteiger partial charge in [0.05, 0.1) is 13.2 Å². The van der Waals surface area contributed by atoms with Crippen molar-refractivity contribution in [2.45, 2.75) is 12.5 Å². The van der Waals surface area contributed by atoms with Gasteiger partial charge in [-0.1, -0.05) is 0 Å². The average Bonchev–Trinajstić information content (AvgIpc) is 2.84. The molecule has 1 unspecified atom stereocenters. The van der Waals surface area contributed by atoms with E-state index in [9.17, 15) is 0 Å². The highest BCUT2D eigenvalue weighted by molar-refractivity contribution is 9.10. The summed E-state index contributed by atoms with van der Waals surface area (Å²) in [5, 5.41) is 1.97. The molecule has 0 fully saturated rings. The summed E-state index contributed by atoms with van der Waals surface area (Å²) < 4.78 is 6.15. The molecule has 3 N–H and O–H groups in total. The Morgan fingerprint density at radius 1 is 1.50 bits per heavy atom. The summed E-state index contributed by atoms with van der Waals surface area (Å²) in [6.07, 6.45) is 4.40. The van der Waals surface area contributed by atoms with E-state index in [0.29, 0.717) is 0 Å². The van der Waals surface area contributed by atoms with Crippen molar-refractivity contribution in [3.8, 4) is 5.75 Å². The van der Waals surface area contributed by atoms with Crippen LogP contribution in [0.15, 0.2) is 34.4 Å². The molecule has 96 valence electrons. The maximum atomic E-state index is 5.63. The second-order valence-corrected chi connectivity index (χ2v) is 5.68. The second kappa shape index (κ2) is 6.29. The minimum atomic E-state index is 0.0648. The molecule has 2 aromatic heterocycles. The fourth-order valence-electron chi connectivity index (χ4n) is 1.67. The van der Waals surface area contributed by atoms with Crippen molar-refractivity contribution in [3.63, 3.8) is 0 Å². The van der Waals surface area contributed by atoms with Crippen molar-refractivity contribution in [1.82, 2.24) is 10.4 Å². The highest BCUT2D eigenvalue weighted by Gasteiger charge is 2.13. The molecule has 18 heavy (non-hydrogen) atoms. The van der Waals surface area contributed by atoms with Gasteiger partial charge >= 0.3 is 0 Å². The number of hydrogen-bond donors (Lipinski definition) is 2. The minimum absolute atomic E-state index is 0.0648. The summed E-state index contributed by atoms with van der Waals surface area (Å²) in [6.45, 7) is 0. The van der Waals surface area contributed by atoms with Crippen LogP contribution in [0.1, 0.15) is 16.5 Å². The van der Waals surface area contributed by atoms with Gasteiger partial charge in [0.2, 0.25) is 0 Å². The molecule has 0 saturated carbocycles. The van der Waals surface area contributed by atoms with Crippen LogP contribution in [0.5, 0.6) is 5.75 Å². The molecule has 0 aliphatic carbocycles. The Bertz CT molecular complexity index is 518. The molecule has 2 heterocycles. The molecule has 0 aliphatic heterocycles. The van der Waals surface area contributed by atoms with E-state index < -0.39 is 0 Å². The van der Waals surface area contributed by atoms with Crippen LogP contribution in [0.25, 0.3) is 0 Å². The number of nitrogens with one attached hydrogen (secondary N) is 1. The monoisotopic (exact) mass is 327 g/mol. The molecule has 0 spiro atoms. The Hall–Kier alpha value is -0.950. The summed E-state index contributed by atoms with van der Waals surface area (Å²) in [7, 11) is 1.66. The molecule has 6 heteroatoms. The van der Waals surface area contributed by atoms with Crippen LogP contribution in [0, 0.1) is 0 Å². The third-order valence-electron chi connectivity index (χ3n) is 2.58. The summed E-state index contributed by atoms with van der Waals surface area (Å²) in [6, 6.07) is 4.11. The summed E-state index contributed by atoms with van der Waals surface area (Å²) >= 11 is 5.04. The van der Waals surface area contributed by atoms with Crippen LogP contribution < -0.4 is 16.0 Å². The van der Waals surface area contributed by atoms with E-state index in [4.69, 9.17) is 10.6 Å². The van der Waals surface area contributed by atoms with E-state index in [1.54, 1.807) is 24.6 Å². The number of hydrazine groups is 1. The van der Waals surface area contributed by atoms with Gasteiger partial charge in [-0.25, -0.2) is 0 Å². The second-order valence-electron chi connectivity index (χ2n) is 3.82. The minimum Gasteiger partial charge on any atom is -0.496 e. The zero-order chi connectivity index (χ0) is 13.0. The average molecular weight is 328 g/mol. The van der Waals surface area contributed by atoms with Crippen molar-refractivity contribution >= 4 is 27.3 Å². The normalized spacial score (nSPS) is 12.4. The molecule has 0 radical (unpaired) electrons. The topological polar surface area (TPSA) is 60.2 Å². The van der Waals surface area contributed by atoms with E-state index in [1.807, 2.05) is 23.7 Å². The number of pyridine rings is 1. The molecule has 4 nitrogen and oxygen atoms in total. The lowest BCUT2D eigenvalue weighted by Gasteiger charge is -2.14. The summed E-state index contributed by atoms with van der Waals surface area (Å²) in [5.41, 5.74) is 3.96. The summed E-state index contributed by atoms with van der Waals surface area (Å²) in [4.78, 5) is 5.30. The van der Waals surface area contributed by atoms with Crippen LogP contribution >= 0.6 is 27.3 Å². The lowest BCUT2D eigenvalue weighted by Crippen LogP contribution is -2.29. The van der Waals surface area contributed by atoms with Gasteiger partial charge in [0.25, 0.3) is 0 Å². The first kappa shape index (κ1) is 13.5. The Labute approximate surface area is 118 Å². The van der Waals surface area contributed by atoms with E-state index in [1.165, 1.54) is 0 Å². The van der Waals surface area contributed by atoms with E-state index in [0.717, 1.165) is 27.1 Å². The van der Waals surface area contributed by atoms with Gasteiger partial charge < -0.3 is 4.74 Å². The number of ether oxygens (including phenoxy) is 1. The van der Waals surface area contributed by atoms with Gasteiger partial charge in [-0.05, 0) is 40.0 Å². The predicted octanol–water partition coefficient (Wildman–Crippen LogP) is 2.66. The number of methoxy groups -OCH3 is 1. The smallest absolute Gasteiger partial charge is 0.129 e. The third kappa shape index (κ3) is 3.29. The van der Waals surface area contributed by atoms with Crippen molar-refractivity contribution in [3.05, 3.63) is 44.8 Å². The van der Waals surface area contributed by atoms with Gasteiger partial charge in [-0.3, -0.25) is 16.3 Å². The zero-order valence-corrected chi connectivity index (χ0v) is 12.3. The number of aromatic nitrogens is 1. The van der Waals surface area contributed by atoms with Crippen LogP contribution in [0.4, 0.5) is 0 Å². The van der Waals surface area contributed by atoms with Crippen LogP contribution in [0.3, 0.4) is 0 Å². The first-order valence-corrected chi connectivity index (χ1v) is 7.08. The number of hydrogen-bond acceptors (Lipinski definition) is 5. The third-order valence-corrected chi connectivity index (χ3v) is 4.04. The summed E-state index contributed by atoms with van der Waals surface area (Å²) in [5.74, 6) is 6.49. The molecule has 0 bridgehead atoms. The van der Waals surface area contributed by atoms with Crippen molar-refractivity contribution in [2.75, 3.05) is 7.11 Å². The number of halogens is 1. The molecule has 2 aromatic rings. The Morgan fingerprint density at radius 2 is 2.33 bits per heavy atom. The van der Waals surface area contributed by atoms with Crippen LogP contribution in [-0.2, 0) is 6.42 Å². The standard InChI is InChI=1S/C12H14BrN3OS/c1-17-10-4-12(18-7-10)11(16-14)3-8-2-9(13)6-15-5-8/h2,4-7,11,16H,3,14H2,1H3. The van der Waals surface area contributed by atoms with Gasteiger partial charge in [0.15, 0.2) is 0 Å². The lowest BCUT2D eigenvalue weighted by molar-refractivity contribution is 0.415. The first-order valence-electron chi connectivity index (χ1n) is 5.41. The maximum Gasteiger partial charge on any atom is 0.129 e. The van der Waals surface area contributed by atoms with Gasteiger partial charge in [0.1, 0.15) is 5.75 Å². The molecule has 0 aliphatic rings. The molecule has 0 saturated heterocycles. The Kier molecular flexibility index (Phi) is 4.71. The first-order chi connectivity index (χ1) is 8.72. The van der Waals surface area contributed by atoms with Gasteiger partial charge in [-0.2, -0.15) is 0 Å². The number of rotatable bonds is 5. The molecule has 2 rings (SSSR count). The largest absolute Gasteiger partial charge is 0.496 e. The van der Waals surface area contributed by atoms with Crippen molar-refractivity contribution < 1.29 is 4.74 Å². The predicted molar refractivity (Wildman–Crippen MR) is 76.6 cm³/mol. The highest BCUT2D eigenvalue weighted by Crippen LogP contribution is 2.28. The van der Waals surface area contributed by atoms with Crippen LogP contribution in [0.2, 0.25) is 0 Å². The highest BCUT2D eigenvalue weighted by atomic mass is 79.9. The van der Waals surface area contributed by atoms with E-state index in [2.05, 4.69) is 26.3 Å². The van der Waals surface area contributed by atoms with Crippen molar-refractivity contribution in [1.29, 1.82) is 0 Å². The molecule has 1 atom stereocenters. The van der Waals surface area contributed by atoms with Crippen LogP contribution in [-0.4, -0.2) is 12.1 Å².